The van der Waals surface area contributed by atoms with Crippen molar-refractivity contribution < 1.29 is 9.59 Å². The molecule has 1 saturated heterocycles. The van der Waals surface area contributed by atoms with Crippen molar-refractivity contribution in [1.29, 1.82) is 0 Å². The topological polar surface area (TPSA) is 59.4 Å². The van der Waals surface area contributed by atoms with E-state index < -0.39 is 0 Å². The molecule has 0 aliphatic carbocycles. The molecule has 0 N–H and O–H groups in total. The molecule has 1 aliphatic rings. The smallest absolute Gasteiger partial charge is 0.242 e. The number of nitrogens with zero attached hydrogens (tertiary/aromatic N) is 2. The molecule has 0 atom stereocenters. The fourth-order valence-corrected chi connectivity index (χ4v) is 2.65. The van der Waals surface area contributed by atoms with Gasteiger partial charge >= 0.3 is 0 Å². The van der Waals surface area contributed by atoms with Crippen molar-refractivity contribution in [3.63, 3.8) is 0 Å². The number of pyridine rings is 1. The molecule has 0 saturated carbocycles. The second-order valence-corrected chi connectivity index (χ2v) is 5.24. The number of piperidine rings is 1. The molecular weight excluding hydrogens is 268 g/mol. The number of likely N-dealkylation sites (tertiary alicyclic amines) is 1. The third kappa shape index (κ3) is 2.72. The summed E-state index contributed by atoms with van der Waals surface area (Å²) in [4.78, 5) is 37.1. The van der Waals surface area contributed by atoms with Crippen molar-refractivity contribution in [2.75, 3.05) is 13.1 Å². The van der Waals surface area contributed by atoms with Crippen molar-refractivity contribution in [2.24, 2.45) is 0 Å². The van der Waals surface area contributed by atoms with E-state index in [1.54, 1.807) is 21.7 Å². The van der Waals surface area contributed by atoms with Crippen LogP contribution < -0.4 is 5.43 Å². The summed E-state index contributed by atoms with van der Waals surface area (Å²) in [5.74, 6) is 0.198. The highest BCUT2D eigenvalue weighted by Crippen LogP contribution is 2.11. The van der Waals surface area contributed by atoms with Crippen molar-refractivity contribution in [1.82, 2.24) is 9.47 Å². The molecule has 21 heavy (non-hydrogen) atoms. The van der Waals surface area contributed by atoms with Gasteiger partial charge in [0, 0.05) is 43.6 Å². The zero-order chi connectivity index (χ0) is 14.8. The second-order valence-electron chi connectivity index (χ2n) is 5.24. The van der Waals surface area contributed by atoms with E-state index in [0.29, 0.717) is 31.3 Å². The van der Waals surface area contributed by atoms with E-state index in [9.17, 15) is 14.4 Å². The first-order valence-corrected chi connectivity index (χ1v) is 7.03. The average molecular weight is 284 g/mol. The van der Waals surface area contributed by atoms with Crippen LogP contribution in [-0.4, -0.2) is 34.2 Å². The summed E-state index contributed by atoms with van der Waals surface area (Å²) in [7, 11) is 0. The van der Waals surface area contributed by atoms with Crippen LogP contribution in [-0.2, 0) is 16.1 Å². The number of carbonyl (C=O) groups is 2. The minimum Gasteiger partial charge on any atom is -0.340 e. The van der Waals surface area contributed by atoms with Gasteiger partial charge in [-0.2, -0.15) is 0 Å². The molecule has 1 fully saturated rings. The van der Waals surface area contributed by atoms with Crippen LogP contribution in [0, 0.1) is 0 Å². The Morgan fingerprint density at radius 2 is 1.76 bits per heavy atom. The highest BCUT2D eigenvalue weighted by Gasteiger charge is 2.20. The quantitative estimate of drug-likeness (QED) is 0.832. The molecule has 0 spiro atoms. The van der Waals surface area contributed by atoms with Crippen LogP contribution >= 0.6 is 0 Å². The van der Waals surface area contributed by atoms with Crippen LogP contribution in [0.25, 0.3) is 10.9 Å². The number of ketones is 1. The maximum atomic E-state index is 12.3. The number of rotatable bonds is 2. The maximum absolute atomic E-state index is 12.3. The van der Waals surface area contributed by atoms with Gasteiger partial charge in [-0.25, -0.2) is 0 Å². The van der Waals surface area contributed by atoms with E-state index in [1.165, 1.54) is 6.07 Å². The standard InChI is InChI=1S/C16H16N2O3/c19-12-5-8-17(9-6-12)16(21)11-18-10-7-15(20)13-3-1-2-4-14(13)18/h1-4,7,10H,5-6,8-9,11H2. The normalized spacial score (nSPS) is 15.4. The van der Waals surface area contributed by atoms with Gasteiger partial charge in [-0.3, -0.25) is 14.4 Å². The molecule has 2 aromatic rings. The van der Waals surface area contributed by atoms with E-state index in [-0.39, 0.29) is 23.7 Å². The van der Waals surface area contributed by atoms with Crippen LogP contribution in [0.3, 0.4) is 0 Å². The Kier molecular flexibility index (Phi) is 3.56. The number of amides is 1. The number of benzene rings is 1. The first-order valence-electron chi connectivity index (χ1n) is 7.03. The molecule has 1 aliphatic heterocycles. The number of aromatic nitrogens is 1. The summed E-state index contributed by atoms with van der Waals surface area (Å²) < 4.78 is 1.79. The summed E-state index contributed by atoms with van der Waals surface area (Å²) in [6.45, 7) is 1.18. The number of hydrogen-bond donors (Lipinski definition) is 0. The van der Waals surface area contributed by atoms with Crippen LogP contribution in [0.2, 0.25) is 0 Å². The Hall–Kier alpha value is -2.43. The van der Waals surface area contributed by atoms with Gasteiger partial charge in [0.2, 0.25) is 5.91 Å². The summed E-state index contributed by atoms with van der Waals surface area (Å²) in [6.07, 6.45) is 2.53. The average Bonchev–Trinajstić information content (AvgIpc) is 2.51. The molecule has 5 nitrogen and oxygen atoms in total. The van der Waals surface area contributed by atoms with Crippen LogP contribution in [0.15, 0.2) is 41.3 Å². The zero-order valence-corrected chi connectivity index (χ0v) is 11.6. The Balaban J connectivity index is 1.85. The first-order chi connectivity index (χ1) is 10.1. The summed E-state index contributed by atoms with van der Waals surface area (Å²) in [5.41, 5.74) is 0.712. The van der Waals surface area contributed by atoms with Crippen LogP contribution in [0.4, 0.5) is 0 Å². The van der Waals surface area contributed by atoms with Gasteiger partial charge in [0.1, 0.15) is 12.3 Å². The monoisotopic (exact) mass is 284 g/mol. The Morgan fingerprint density at radius 1 is 1.05 bits per heavy atom. The second kappa shape index (κ2) is 5.52. The fraction of sp³-hybridized carbons (Fsp3) is 0.312. The maximum Gasteiger partial charge on any atom is 0.242 e. The highest BCUT2D eigenvalue weighted by molar-refractivity contribution is 5.85. The summed E-state index contributed by atoms with van der Waals surface area (Å²) in [6, 6.07) is 8.74. The first kappa shape index (κ1) is 13.5. The van der Waals surface area contributed by atoms with Gasteiger partial charge in [0.25, 0.3) is 0 Å². The lowest BCUT2D eigenvalue weighted by atomic mass is 10.1. The van der Waals surface area contributed by atoms with E-state index in [2.05, 4.69) is 0 Å². The third-order valence-electron chi connectivity index (χ3n) is 3.86. The molecule has 1 aromatic heterocycles. The molecule has 1 aromatic carbocycles. The Morgan fingerprint density at radius 3 is 2.52 bits per heavy atom. The van der Waals surface area contributed by atoms with Crippen molar-refractivity contribution in [3.05, 3.63) is 46.8 Å². The SMILES string of the molecule is O=C1CCN(C(=O)Cn2ccc(=O)c3ccccc32)CC1. The Bertz CT molecular complexity index is 753. The largest absolute Gasteiger partial charge is 0.340 e. The zero-order valence-electron chi connectivity index (χ0n) is 11.6. The molecule has 5 heteroatoms. The number of fused-ring (bicyclic) bond motifs is 1. The summed E-state index contributed by atoms with van der Waals surface area (Å²) >= 11 is 0. The van der Waals surface area contributed by atoms with Gasteiger partial charge in [0.05, 0.1) is 5.52 Å². The predicted octanol–water partition coefficient (Wildman–Crippen LogP) is 1.19. The third-order valence-corrected chi connectivity index (χ3v) is 3.86. The lowest BCUT2D eigenvalue weighted by Crippen LogP contribution is -2.40. The van der Waals surface area contributed by atoms with Gasteiger partial charge in [-0.1, -0.05) is 12.1 Å². The van der Waals surface area contributed by atoms with Crippen molar-refractivity contribution >= 4 is 22.6 Å². The molecular formula is C16H16N2O3. The van der Waals surface area contributed by atoms with Gasteiger partial charge in [-0.15, -0.1) is 0 Å². The molecule has 108 valence electrons. The Labute approximate surface area is 121 Å². The predicted molar refractivity (Wildman–Crippen MR) is 79.0 cm³/mol. The fourth-order valence-electron chi connectivity index (χ4n) is 2.65. The van der Waals surface area contributed by atoms with E-state index >= 15 is 0 Å². The highest BCUT2D eigenvalue weighted by atomic mass is 16.2. The molecule has 2 heterocycles. The number of hydrogen-bond acceptors (Lipinski definition) is 3. The van der Waals surface area contributed by atoms with Crippen molar-refractivity contribution in [3.8, 4) is 0 Å². The number of Topliss-reactive ketones (excluding diaryl/α,β-unsaturated/α-hetero) is 1. The summed E-state index contributed by atoms with van der Waals surface area (Å²) in [5, 5.41) is 0.613. The van der Waals surface area contributed by atoms with E-state index in [1.807, 2.05) is 18.2 Å². The van der Waals surface area contributed by atoms with Crippen LogP contribution in [0.1, 0.15) is 12.8 Å². The van der Waals surface area contributed by atoms with Gasteiger partial charge < -0.3 is 9.47 Å². The van der Waals surface area contributed by atoms with Gasteiger partial charge in [-0.05, 0) is 12.1 Å². The van der Waals surface area contributed by atoms with Crippen molar-refractivity contribution in [2.45, 2.75) is 19.4 Å². The minimum absolute atomic E-state index is 0.0173. The molecule has 0 bridgehead atoms. The minimum atomic E-state index is -0.0436. The molecule has 0 radical (unpaired) electrons. The van der Waals surface area contributed by atoms with E-state index in [0.717, 1.165) is 5.52 Å². The molecule has 0 unspecified atom stereocenters. The van der Waals surface area contributed by atoms with Crippen LogP contribution in [0.5, 0.6) is 0 Å². The molecule has 1 amide bonds. The van der Waals surface area contributed by atoms with E-state index in [4.69, 9.17) is 0 Å². The molecule has 3 rings (SSSR count). The number of para-hydroxylation sites is 1. The van der Waals surface area contributed by atoms with Gasteiger partial charge in [0.15, 0.2) is 5.43 Å². The lowest BCUT2D eigenvalue weighted by molar-refractivity contribution is -0.135. The number of carbonyl (C=O) groups excluding carboxylic acids is 2. The lowest BCUT2D eigenvalue weighted by Gasteiger charge is -2.26.